The normalized spacial score (nSPS) is 43.7. The van der Waals surface area contributed by atoms with E-state index in [1.54, 1.807) is 19.9 Å². The fourth-order valence-electron chi connectivity index (χ4n) is 8.71. The van der Waals surface area contributed by atoms with Gasteiger partial charge in [-0.2, -0.15) is 0 Å². The number of anilines is 1. The number of carbonyl (C=O) groups excluding carboxylic acids is 2. The minimum absolute atomic E-state index is 0.0109. The molecule has 1 spiro atoms. The summed E-state index contributed by atoms with van der Waals surface area (Å²) in [5.41, 5.74) is -3.94. The molecule has 3 saturated heterocycles. The molecule has 7 rings (SSSR count). The summed E-state index contributed by atoms with van der Waals surface area (Å²) in [4.78, 5) is 44.1. The molecule has 10 heteroatoms. The smallest absolute Gasteiger partial charge is 0.239 e. The zero-order valence-electron chi connectivity index (χ0n) is 20.1. The number of ketones is 1. The summed E-state index contributed by atoms with van der Waals surface area (Å²) < 4.78 is 5.77. The largest absolute Gasteiger partial charge is 0.507 e. The molecule has 2 N–H and O–H groups in total. The summed E-state index contributed by atoms with van der Waals surface area (Å²) in [7, 11) is 0. The topological polar surface area (TPSA) is 137 Å². The zero-order valence-corrected chi connectivity index (χ0v) is 20.1. The number of Topliss-reactive ketones (excluding diaryl/α,β-unsaturated/α-hetero) is 1. The SMILES string of the molecule is CC1(C)C(O)C(=O)c2c(O)ccc3c2N1C(=O)C31CC2([N+](=O)[O-])CN3CC4OC4C3CC2C1(C)C. The van der Waals surface area contributed by atoms with Crippen molar-refractivity contribution in [1.82, 2.24) is 4.90 Å². The lowest BCUT2D eigenvalue weighted by Crippen LogP contribution is -2.62. The predicted octanol–water partition coefficient (Wildman–Crippen LogP) is 1.23. The second-order valence-corrected chi connectivity index (χ2v) is 12.5. The number of aliphatic hydroxyl groups is 1. The molecule has 186 valence electrons. The lowest BCUT2D eigenvalue weighted by atomic mass is 9.60. The Bertz CT molecular complexity index is 1260. The van der Waals surface area contributed by atoms with Crippen molar-refractivity contribution >= 4 is 17.4 Å². The van der Waals surface area contributed by atoms with Crippen LogP contribution >= 0.6 is 0 Å². The number of ether oxygens (including phenoxy) is 1. The molecule has 1 aromatic rings. The number of nitro groups is 1. The van der Waals surface area contributed by atoms with Crippen molar-refractivity contribution in [3.05, 3.63) is 33.4 Å². The van der Waals surface area contributed by atoms with Crippen molar-refractivity contribution in [2.45, 2.75) is 81.4 Å². The number of epoxide rings is 1. The summed E-state index contributed by atoms with van der Waals surface area (Å²) in [6, 6.07) is 3.14. The highest BCUT2D eigenvalue weighted by Gasteiger charge is 2.81. The maximum Gasteiger partial charge on any atom is 0.239 e. The average Bonchev–Trinajstić information content (AvgIpc) is 3.30. The number of carbonyl (C=O) groups is 2. The molecule has 5 aliphatic heterocycles. The van der Waals surface area contributed by atoms with Gasteiger partial charge in [0, 0.05) is 29.8 Å². The molecular formula is C25H29N3O7. The van der Waals surface area contributed by atoms with E-state index in [2.05, 4.69) is 4.90 Å². The number of hydrogen-bond acceptors (Lipinski definition) is 8. The number of aliphatic hydroxyl groups excluding tert-OH is 1. The number of benzene rings is 1. The van der Waals surface area contributed by atoms with Crippen molar-refractivity contribution in [3.8, 4) is 5.75 Å². The highest BCUT2D eigenvalue weighted by atomic mass is 16.6. The lowest BCUT2D eigenvalue weighted by Gasteiger charge is -2.46. The van der Waals surface area contributed by atoms with Crippen molar-refractivity contribution in [3.63, 3.8) is 0 Å². The van der Waals surface area contributed by atoms with Crippen molar-refractivity contribution in [1.29, 1.82) is 0 Å². The number of hydrogen-bond donors (Lipinski definition) is 2. The molecule has 1 amide bonds. The Morgan fingerprint density at radius 1 is 1.20 bits per heavy atom. The van der Waals surface area contributed by atoms with Crippen LogP contribution in [0.3, 0.4) is 0 Å². The summed E-state index contributed by atoms with van der Waals surface area (Å²) in [6.45, 7) is 8.08. The van der Waals surface area contributed by atoms with Crippen molar-refractivity contribution in [2.24, 2.45) is 11.3 Å². The summed E-state index contributed by atoms with van der Waals surface area (Å²) in [6.07, 6.45) is -0.697. The first-order chi connectivity index (χ1) is 16.3. The van der Waals surface area contributed by atoms with Gasteiger partial charge < -0.3 is 19.8 Å². The Labute approximate surface area is 202 Å². The molecule has 0 aromatic heterocycles. The summed E-state index contributed by atoms with van der Waals surface area (Å²) >= 11 is 0. The van der Waals surface area contributed by atoms with Gasteiger partial charge in [-0.1, -0.05) is 19.9 Å². The number of phenolic OH excluding ortho intramolecular Hbond substituents is 1. The maximum absolute atomic E-state index is 14.6. The molecule has 1 aromatic carbocycles. The monoisotopic (exact) mass is 483 g/mol. The van der Waals surface area contributed by atoms with E-state index in [0.29, 0.717) is 24.2 Å². The van der Waals surface area contributed by atoms with Gasteiger partial charge >= 0.3 is 0 Å². The molecule has 0 bridgehead atoms. The first kappa shape index (κ1) is 21.7. The third kappa shape index (κ3) is 2.08. The average molecular weight is 484 g/mol. The van der Waals surface area contributed by atoms with Gasteiger partial charge in [0.05, 0.1) is 34.9 Å². The van der Waals surface area contributed by atoms with E-state index >= 15 is 0 Å². The number of amides is 1. The van der Waals surface area contributed by atoms with E-state index in [-0.39, 0.29) is 53.4 Å². The third-order valence-corrected chi connectivity index (χ3v) is 10.5. The van der Waals surface area contributed by atoms with Crippen LogP contribution in [0.4, 0.5) is 5.69 Å². The number of aromatic hydroxyl groups is 1. The van der Waals surface area contributed by atoms with Gasteiger partial charge in [-0.05, 0) is 37.3 Å². The van der Waals surface area contributed by atoms with E-state index < -0.39 is 39.7 Å². The molecule has 4 fully saturated rings. The van der Waals surface area contributed by atoms with Crippen LogP contribution in [0.5, 0.6) is 5.75 Å². The Hall–Kier alpha value is -2.56. The van der Waals surface area contributed by atoms with Gasteiger partial charge in [-0.15, -0.1) is 0 Å². The quantitative estimate of drug-likeness (QED) is 0.346. The second kappa shape index (κ2) is 5.87. The zero-order chi connectivity index (χ0) is 25.0. The van der Waals surface area contributed by atoms with Crippen LogP contribution in [0.1, 0.15) is 56.5 Å². The van der Waals surface area contributed by atoms with Crippen LogP contribution in [0.25, 0.3) is 0 Å². The Kier molecular flexibility index (Phi) is 3.64. The molecule has 0 radical (unpaired) electrons. The summed E-state index contributed by atoms with van der Waals surface area (Å²) in [5.74, 6) is -1.67. The number of fused-ring (bicyclic) bond motifs is 5. The maximum atomic E-state index is 14.6. The summed E-state index contributed by atoms with van der Waals surface area (Å²) in [5, 5.41) is 34.4. The highest BCUT2D eigenvalue weighted by Crippen LogP contribution is 2.71. The van der Waals surface area contributed by atoms with Crippen LogP contribution in [0.15, 0.2) is 12.1 Å². The Balaban J connectivity index is 1.48. The van der Waals surface area contributed by atoms with E-state index in [4.69, 9.17) is 4.74 Å². The Morgan fingerprint density at radius 3 is 2.60 bits per heavy atom. The molecule has 6 aliphatic rings. The van der Waals surface area contributed by atoms with E-state index in [0.717, 1.165) is 0 Å². The van der Waals surface area contributed by atoms with Crippen molar-refractivity contribution in [2.75, 3.05) is 18.0 Å². The molecule has 5 heterocycles. The molecule has 1 aliphatic carbocycles. The number of rotatable bonds is 1. The predicted molar refractivity (Wildman–Crippen MR) is 122 cm³/mol. The van der Waals surface area contributed by atoms with Crippen LogP contribution in [-0.4, -0.2) is 80.2 Å². The van der Waals surface area contributed by atoms with Gasteiger partial charge in [0.2, 0.25) is 11.4 Å². The standard InChI is InChI=1S/C25H29N3O7/c1-22(2)15-7-12-19-14(35-19)8-26(12)10-24(15,28(33)34)9-25(22)11-5-6-13(29)16-17(11)27(21(25)32)23(3,4)20(31)18(16)30/h5-6,12,14-15,19-20,29,31H,7-10H2,1-4H3. The second-order valence-electron chi connectivity index (χ2n) is 12.5. The third-order valence-electron chi connectivity index (χ3n) is 10.5. The number of piperidine rings is 1. The molecular weight excluding hydrogens is 454 g/mol. The number of nitrogens with zero attached hydrogens (tertiary/aromatic N) is 3. The van der Waals surface area contributed by atoms with Crippen LogP contribution < -0.4 is 4.90 Å². The molecule has 7 unspecified atom stereocenters. The minimum atomic E-state index is -1.53. The lowest BCUT2D eigenvalue weighted by molar-refractivity contribution is -0.584. The van der Waals surface area contributed by atoms with Crippen LogP contribution in [-0.2, 0) is 14.9 Å². The van der Waals surface area contributed by atoms with Gasteiger partial charge in [0.15, 0.2) is 5.78 Å². The Morgan fingerprint density at radius 2 is 1.91 bits per heavy atom. The van der Waals surface area contributed by atoms with E-state index in [1.165, 1.54) is 11.0 Å². The van der Waals surface area contributed by atoms with Crippen molar-refractivity contribution < 1.29 is 29.5 Å². The van der Waals surface area contributed by atoms with Gasteiger partial charge in [0.25, 0.3) is 0 Å². The van der Waals surface area contributed by atoms with Gasteiger partial charge in [-0.25, -0.2) is 0 Å². The van der Waals surface area contributed by atoms with Gasteiger partial charge in [0.1, 0.15) is 18.0 Å². The van der Waals surface area contributed by atoms with Gasteiger partial charge in [-0.3, -0.25) is 24.6 Å². The number of morpholine rings is 1. The van der Waals surface area contributed by atoms with Crippen LogP contribution in [0.2, 0.25) is 0 Å². The minimum Gasteiger partial charge on any atom is -0.507 e. The fourth-order valence-corrected chi connectivity index (χ4v) is 8.71. The molecule has 7 atom stereocenters. The fraction of sp³-hybridized carbons (Fsp3) is 0.680. The van der Waals surface area contributed by atoms with E-state index in [9.17, 15) is 29.9 Å². The van der Waals surface area contributed by atoms with Crippen LogP contribution in [0, 0.1) is 21.4 Å². The molecule has 10 nitrogen and oxygen atoms in total. The molecule has 1 saturated carbocycles. The first-order valence-corrected chi connectivity index (χ1v) is 12.3. The first-order valence-electron chi connectivity index (χ1n) is 12.3. The highest BCUT2D eigenvalue weighted by molar-refractivity contribution is 6.21. The molecule has 35 heavy (non-hydrogen) atoms. The number of phenols is 1. The van der Waals surface area contributed by atoms with E-state index in [1.807, 2.05) is 13.8 Å².